The normalized spacial score (nSPS) is 14.8. The predicted molar refractivity (Wildman–Crippen MR) is 118 cm³/mol. The molecule has 1 aliphatic rings. The van der Waals surface area contributed by atoms with Crippen molar-refractivity contribution in [3.8, 4) is 5.88 Å². The average molecular weight is 433 g/mol. The number of fused-ring (bicyclic) bond motifs is 1. The number of methoxy groups -OCH3 is 1. The maximum Gasteiger partial charge on any atom is 0.317 e. The maximum absolute atomic E-state index is 12.6. The highest BCUT2D eigenvalue weighted by atomic mass is 16.5. The number of carboxylic acids is 1. The SMILES string of the molecule is COc1ccc(C(CC(=O)O)NC(=O)N2CC(/C=C/c3ccc4cccnc4n3)C2)cn1. The lowest BCUT2D eigenvalue weighted by Crippen LogP contribution is -2.53. The van der Waals surface area contributed by atoms with Gasteiger partial charge in [0.1, 0.15) is 0 Å². The number of rotatable bonds is 7. The molecule has 1 aliphatic heterocycles. The van der Waals surface area contributed by atoms with Crippen LogP contribution < -0.4 is 10.1 Å². The highest BCUT2D eigenvalue weighted by Gasteiger charge is 2.30. The molecule has 0 saturated carbocycles. The third-order valence-corrected chi connectivity index (χ3v) is 5.27. The molecule has 0 spiro atoms. The molecule has 2 amide bonds. The van der Waals surface area contributed by atoms with E-state index in [1.807, 2.05) is 36.4 Å². The zero-order valence-corrected chi connectivity index (χ0v) is 17.5. The summed E-state index contributed by atoms with van der Waals surface area (Å²) in [6.07, 6.45) is 6.95. The number of nitrogens with zero attached hydrogens (tertiary/aromatic N) is 4. The fraction of sp³-hybridized carbons (Fsp3) is 0.261. The Kier molecular flexibility index (Phi) is 6.25. The Balaban J connectivity index is 1.33. The standard InChI is InChI=1S/C23H23N5O4/c1-32-20-9-6-17(12-25-20)19(11-21(29)30)27-23(31)28-13-15(14-28)4-7-18-8-5-16-3-2-10-24-22(16)26-18/h2-10,12,15,19H,11,13-14H2,1H3,(H,27,31)(H,29,30)/b7-4+. The summed E-state index contributed by atoms with van der Waals surface area (Å²) in [5, 5.41) is 13.0. The van der Waals surface area contributed by atoms with Crippen molar-refractivity contribution in [1.82, 2.24) is 25.2 Å². The minimum Gasteiger partial charge on any atom is -0.481 e. The monoisotopic (exact) mass is 433 g/mol. The molecule has 4 heterocycles. The Hall–Kier alpha value is -4.01. The van der Waals surface area contributed by atoms with Crippen molar-refractivity contribution in [3.63, 3.8) is 0 Å². The van der Waals surface area contributed by atoms with Crippen molar-refractivity contribution >= 4 is 29.1 Å². The van der Waals surface area contributed by atoms with Crippen molar-refractivity contribution in [2.75, 3.05) is 20.2 Å². The topological polar surface area (TPSA) is 118 Å². The van der Waals surface area contributed by atoms with Crippen LogP contribution in [0.5, 0.6) is 5.88 Å². The number of likely N-dealkylation sites (tertiary alicyclic amines) is 1. The number of carboxylic acid groups (broad SMARTS) is 1. The van der Waals surface area contributed by atoms with Gasteiger partial charge in [0.2, 0.25) is 5.88 Å². The number of carbonyl (C=O) groups is 2. The molecular formula is C23H23N5O4. The van der Waals surface area contributed by atoms with E-state index in [4.69, 9.17) is 4.74 Å². The summed E-state index contributed by atoms with van der Waals surface area (Å²) in [5.41, 5.74) is 2.11. The van der Waals surface area contributed by atoms with Gasteiger partial charge in [0.25, 0.3) is 0 Å². The number of carbonyl (C=O) groups excluding carboxylic acids is 1. The van der Waals surface area contributed by atoms with Crippen molar-refractivity contribution in [2.45, 2.75) is 12.5 Å². The summed E-state index contributed by atoms with van der Waals surface area (Å²) in [6.45, 7) is 1.10. The number of hydrogen-bond donors (Lipinski definition) is 2. The van der Waals surface area contributed by atoms with Gasteiger partial charge in [0.05, 0.1) is 25.3 Å². The van der Waals surface area contributed by atoms with Crippen molar-refractivity contribution in [3.05, 3.63) is 66.1 Å². The van der Waals surface area contributed by atoms with Gasteiger partial charge in [-0.1, -0.05) is 12.1 Å². The summed E-state index contributed by atoms with van der Waals surface area (Å²) in [6, 6.07) is 10.1. The van der Waals surface area contributed by atoms with E-state index in [1.165, 1.54) is 13.3 Å². The molecule has 3 aromatic rings. The van der Waals surface area contributed by atoms with E-state index in [1.54, 1.807) is 23.2 Å². The maximum atomic E-state index is 12.6. The van der Waals surface area contributed by atoms with Crippen LogP contribution in [0.2, 0.25) is 0 Å². The second kappa shape index (κ2) is 9.42. The molecule has 0 aromatic carbocycles. The van der Waals surface area contributed by atoms with Crippen LogP contribution in [0.4, 0.5) is 4.79 Å². The van der Waals surface area contributed by atoms with Crippen molar-refractivity contribution < 1.29 is 19.4 Å². The van der Waals surface area contributed by atoms with E-state index in [2.05, 4.69) is 20.3 Å². The first-order valence-electron chi connectivity index (χ1n) is 10.2. The van der Waals surface area contributed by atoms with E-state index in [-0.39, 0.29) is 18.4 Å². The zero-order chi connectivity index (χ0) is 22.5. The molecule has 0 bridgehead atoms. The van der Waals surface area contributed by atoms with Crippen molar-refractivity contribution in [2.24, 2.45) is 5.92 Å². The van der Waals surface area contributed by atoms with Crippen LogP contribution in [0, 0.1) is 5.92 Å². The third kappa shape index (κ3) is 5.00. The zero-order valence-electron chi connectivity index (χ0n) is 17.5. The molecule has 9 nitrogen and oxygen atoms in total. The van der Waals surface area contributed by atoms with Crippen LogP contribution in [0.3, 0.4) is 0 Å². The van der Waals surface area contributed by atoms with Gasteiger partial charge < -0.3 is 20.1 Å². The summed E-state index contributed by atoms with van der Waals surface area (Å²) in [5.74, 6) is -0.376. The van der Waals surface area contributed by atoms with E-state index >= 15 is 0 Å². The molecule has 4 rings (SSSR count). The molecule has 2 N–H and O–H groups in total. The van der Waals surface area contributed by atoms with Crippen LogP contribution in [-0.2, 0) is 4.79 Å². The van der Waals surface area contributed by atoms with Crippen molar-refractivity contribution in [1.29, 1.82) is 0 Å². The summed E-state index contributed by atoms with van der Waals surface area (Å²) in [4.78, 5) is 38.4. The lowest BCUT2D eigenvalue weighted by molar-refractivity contribution is -0.137. The van der Waals surface area contributed by atoms with Gasteiger partial charge in [-0.05, 0) is 35.9 Å². The molecule has 3 aromatic heterocycles. The van der Waals surface area contributed by atoms with Crippen LogP contribution >= 0.6 is 0 Å². The Bertz CT molecular complexity index is 1140. The third-order valence-electron chi connectivity index (χ3n) is 5.27. The minimum atomic E-state index is -1.01. The first-order chi connectivity index (χ1) is 15.5. The van der Waals surface area contributed by atoms with Gasteiger partial charge in [0, 0.05) is 42.9 Å². The fourth-order valence-electron chi connectivity index (χ4n) is 3.48. The number of nitrogens with one attached hydrogen (secondary N) is 1. The van der Waals surface area contributed by atoms with Gasteiger partial charge in [0.15, 0.2) is 5.65 Å². The number of hydrogen-bond acceptors (Lipinski definition) is 6. The second-order valence-corrected chi connectivity index (χ2v) is 7.54. The van der Waals surface area contributed by atoms with Crippen LogP contribution in [0.25, 0.3) is 17.1 Å². The lowest BCUT2D eigenvalue weighted by Gasteiger charge is -2.38. The Morgan fingerprint density at radius 1 is 1.25 bits per heavy atom. The first-order valence-corrected chi connectivity index (χ1v) is 10.2. The molecule has 32 heavy (non-hydrogen) atoms. The smallest absolute Gasteiger partial charge is 0.317 e. The van der Waals surface area contributed by atoms with Crippen LogP contribution in [0.1, 0.15) is 23.7 Å². The molecule has 164 valence electrons. The van der Waals surface area contributed by atoms with E-state index < -0.39 is 12.0 Å². The molecular weight excluding hydrogens is 410 g/mol. The minimum absolute atomic E-state index is 0.211. The summed E-state index contributed by atoms with van der Waals surface area (Å²) in [7, 11) is 1.50. The van der Waals surface area contributed by atoms with Gasteiger partial charge in [-0.15, -0.1) is 0 Å². The van der Waals surface area contributed by atoms with Gasteiger partial charge in [-0.25, -0.2) is 19.7 Å². The predicted octanol–water partition coefficient (Wildman–Crippen LogP) is 2.90. The molecule has 0 radical (unpaired) electrons. The number of aliphatic carboxylic acids is 1. The molecule has 9 heteroatoms. The van der Waals surface area contributed by atoms with E-state index in [0.29, 0.717) is 30.2 Å². The Morgan fingerprint density at radius 3 is 2.81 bits per heavy atom. The number of aromatic nitrogens is 3. The van der Waals surface area contributed by atoms with E-state index in [0.717, 1.165) is 11.1 Å². The van der Waals surface area contributed by atoms with Crippen LogP contribution in [-0.4, -0.2) is 57.2 Å². The first kappa shape index (κ1) is 21.2. The molecule has 1 saturated heterocycles. The molecule has 1 unspecified atom stereocenters. The number of urea groups is 1. The lowest BCUT2D eigenvalue weighted by atomic mass is 9.99. The highest BCUT2D eigenvalue weighted by molar-refractivity contribution is 5.77. The Morgan fingerprint density at radius 2 is 2.09 bits per heavy atom. The largest absolute Gasteiger partial charge is 0.481 e. The average Bonchev–Trinajstić information content (AvgIpc) is 2.77. The van der Waals surface area contributed by atoms with Crippen LogP contribution in [0.15, 0.2) is 54.9 Å². The fourth-order valence-corrected chi connectivity index (χ4v) is 3.48. The molecule has 1 atom stereocenters. The van der Waals surface area contributed by atoms with Gasteiger partial charge in [-0.3, -0.25) is 4.79 Å². The summed E-state index contributed by atoms with van der Waals surface area (Å²) >= 11 is 0. The van der Waals surface area contributed by atoms with Gasteiger partial charge >= 0.3 is 12.0 Å². The van der Waals surface area contributed by atoms with Gasteiger partial charge in [-0.2, -0.15) is 0 Å². The highest BCUT2D eigenvalue weighted by Crippen LogP contribution is 2.22. The summed E-state index contributed by atoms with van der Waals surface area (Å²) < 4.78 is 5.03. The number of ether oxygens (including phenoxy) is 1. The molecule has 1 fully saturated rings. The quantitative estimate of drug-likeness (QED) is 0.588. The molecule has 0 aliphatic carbocycles. The number of amides is 2. The van der Waals surface area contributed by atoms with E-state index in [9.17, 15) is 14.7 Å². The Labute approximate surface area is 184 Å². The second-order valence-electron chi connectivity index (χ2n) is 7.54. The number of pyridine rings is 3.